The molecule has 1 fully saturated rings. The Labute approximate surface area is 115 Å². The molecule has 1 aliphatic heterocycles. The number of hydrogen-bond acceptors (Lipinski definition) is 3. The highest BCUT2D eigenvalue weighted by Crippen LogP contribution is 2.20. The van der Waals surface area contributed by atoms with Gasteiger partial charge >= 0.3 is 0 Å². The molecule has 2 rings (SSSR count). The molecule has 4 heteroatoms. The predicted octanol–water partition coefficient (Wildman–Crippen LogP) is 2.33. The Hall–Kier alpha value is -1.55. The fourth-order valence-electron chi connectivity index (χ4n) is 2.56. The van der Waals surface area contributed by atoms with Gasteiger partial charge in [0, 0.05) is 0 Å². The van der Waals surface area contributed by atoms with Gasteiger partial charge in [-0.3, -0.25) is 9.69 Å². The number of piperidine rings is 1. The maximum atomic E-state index is 12.0. The van der Waals surface area contributed by atoms with Crippen molar-refractivity contribution in [2.24, 2.45) is 5.92 Å². The number of amides is 1. The van der Waals surface area contributed by atoms with E-state index in [0.717, 1.165) is 19.0 Å². The zero-order chi connectivity index (χ0) is 13.7. The third-order valence-corrected chi connectivity index (χ3v) is 3.89. The van der Waals surface area contributed by atoms with E-state index in [0.29, 0.717) is 17.9 Å². The van der Waals surface area contributed by atoms with E-state index in [-0.39, 0.29) is 5.91 Å². The molecule has 1 aromatic rings. The second-order valence-electron chi connectivity index (χ2n) is 5.26. The third-order valence-electron chi connectivity index (χ3n) is 3.89. The number of carbonyl (C=O) groups is 1. The molecule has 0 saturated carbocycles. The molecule has 0 aliphatic carbocycles. The maximum Gasteiger partial charge on any atom is 0.238 e. The van der Waals surface area contributed by atoms with Gasteiger partial charge in [0.25, 0.3) is 0 Å². The smallest absolute Gasteiger partial charge is 0.238 e. The summed E-state index contributed by atoms with van der Waals surface area (Å²) >= 11 is 0. The first kappa shape index (κ1) is 13.9. The minimum atomic E-state index is 0.0212. The zero-order valence-electron chi connectivity index (χ0n) is 11.6. The van der Waals surface area contributed by atoms with Gasteiger partial charge in [0.1, 0.15) is 0 Å². The van der Waals surface area contributed by atoms with Crippen molar-refractivity contribution < 1.29 is 4.79 Å². The number of hydrogen-bond donors (Lipinski definition) is 2. The normalized spacial score (nSPS) is 17.3. The second kappa shape index (κ2) is 6.57. The molecule has 1 heterocycles. The van der Waals surface area contributed by atoms with E-state index in [9.17, 15) is 4.79 Å². The number of nitrogens with one attached hydrogen (secondary N) is 1. The molecule has 4 nitrogen and oxygen atoms in total. The molecule has 1 aromatic carbocycles. The number of nitrogens with two attached hydrogens (primary N) is 1. The molecule has 0 unspecified atom stereocenters. The van der Waals surface area contributed by atoms with Gasteiger partial charge < -0.3 is 11.1 Å². The van der Waals surface area contributed by atoms with Crippen LogP contribution >= 0.6 is 0 Å². The van der Waals surface area contributed by atoms with E-state index >= 15 is 0 Å². The number of benzene rings is 1. The summed E-state index contributed by atoms with van der Waals surface area (Å²) in [7, 11) is 0. The van der Waals surface area contributed by atoms with Crippen LogP contribution in [-0.4, -0.2) is 30.4 Å². The Kier molecular flexibility index (Phi) is 4.80. The summed E-state index contributed by atoms with van der Waals surface area (Å²) < 4.78 is 0. The fraction of sp³-hybridized carbons (Fsp3) is 0.533. The average molecular weight is 261 g/mol. The van der Waals surface area contributed by atoms with Gasteiger partial charge in [-0.05, 0) is 44.0 Å². The largest absolute Gasteiger partial charge is 0.397 e. The number of likely N-dealkylation sites (tertiary alicyclic amines) is 1. The Morgan fingerprint density at radius 2 is 2.05 bits per heavy atom. The first-order valence-corrected chi connectivity index (χ1v) is 7.05. The van der Waals surface area contributed by atoms with Crippen molar-refractivity contribution in [3.63, 3.8) is 0 Å². The van der Waals surface area contributed by atoms with Crippen molar-refractivity contribution in [2.45, 2.75) is 26.2 Å². The first-order chi connectivity index (χ1) is 9.19. The first-order valence-electron chi connectivity index (χ1n) is 7.05. The fourth-order valence-corrected chi connectivity index (χ4v) is 2.56. The summed E-state index contributed by atoms with van der Waals surface area (Å²) in [6, 6.07) is 7.36. The molecule has 0 spiro atoms. The molecule has 1 aliphatic rings. The van der Waals surface area contributed by atoms with Crippen molar-refractivity contribution in [3.05, 3.63) is 24.3 Å². The molecule has 0 bridgehead atoms. The molecule has 1 amide bonds. The lowest BCUT2D eigenvalue weighted by molar-refractivity contribution is -0.117. The predicted molar refractivity (Wildman–Crippen MR) is 78.9 cm³/mol. The van der Waals surface area contributed by atoms with Crippen LogP contribution in [-0.2, 0) is 4.79 Å². The molecule has 0 atom stereocenters. The number of nitrogens with zero attached hydrogens (tertiary/aromatic N) is 1. The summed E-state index contributed by atoms with van der Waals surface area (Å²) in [6.07, 6.45) is 3.66. The summed E-state index contributed by atoms with van der Waals surface area (Å²) in [4.78, 5) is 14.2. The lowest BCUT2D eigenvalue weighted by Crippen LogP contribution is -2.39. The van der Waals surface area contributed by atoms with Crippen molar-refractivity contribution >= 4 is 17.3 Å². The molecular formula is C15H23N3O. The number of carbonyl (C=O) groups excluding carboxylic acids is 1. The molecule has 19 heavy (non-hydrogen) atoms. The lowest BCUT2D eigenvalue weighted by Gasteiger charge is -2.30. The van der Waals surface area contributed by atoms with Gasteiger partial charge in [-0.2, -0.15) is 0 Å². The monoisotopic (exact) mass is 261 g/mol. The zero-order valence-corrected chi connectivity index (χ0v) is 11.6. The molecule has 3 N–H and O–H groups in total. The third kappa shape index (κ3) is 3.96. The molecule has 104 valence electrons. The second-order valence-corrected chi connectivity index (χ2v) is 5.26. The van der Waals surface area contributed by atoms with Gasteiger partial charge in [-0.25, -0.2) is 0 Å². The van der Waals surface area contributed by atoms with Crippen LogP contribution in [0.4, 0.5) is 11.4 Å². The van der Waals surface area contributed by atoms with Crippen molar-refractivity contribution in [2.75, 3.05) is 30.7 Å². The highest BCUT2D eigenvalue weighted by Gasteiger charge is 2.19. The van der Waals surface area contributed by atoms with Crippen LogP contribution in [0.2, 0.25) is 0 Å². The Balaban J connectivity index is 1.81. The van der Waals surface area contributed by atoms with E-state index < -0.39 is 0 Å². The van der Waals surface area contributed by atoms with Crippen molar-refractivity contribution in [1.29, 1.82) is 0 Å². The van der Waals surface area contributed by atoms with Crippen LogP contribution < -0.4 is 11.1 Å². The molecule has 0 radical (unpaired) electrons. The summed E-state index contributed by atoms with van der Waals surface area (Å²) in [6.45, 7) is 4.75. The molecular weight excluding hydrogens is 238 g/mol. The minimum absolute atomic E-state index is 0.0212. The number of rotatable bonds is 4. The highest BCUT2D eigenvalue weighted by molar-refractivity contribution is 5.95. The number of para-hydroxylation sites is 2. The quantitative estimate of drug-likeness (QED) is 0.818. The van der Waals surface area contributed by atoms with E-state index in [2.05, 4.69) is 17.1 Å². The van der Waals surface area contributed by atoms with Gasteiger partial charge in [0.15, 0.2) is 0 Å². The lowest BCUT2D eigenvalue weighted by atomic mass is 9.94. The van der Waals surface area contributed by atoms with Gasteiger partial charge in [-0.1, -0.05) is 25.5 Å². The van der Waals surface area contributed by atoms with E-state index in [4.69, 9.17) is 5.73 Å². The van der Waals surface area contributed by atoms with Crippen LogP contribution in [0.15, 0.2) is 24.3 Å². The summed E-state index contributed by atoms with van der Waals surface area (Å²) in [5.41, 5.74) is 7.13. The number of anilines is 2. The Morgan fingerprint density at radius 3 is 2.68 bits per heavy atom. The van der Waals surface area contributed by atoms with E-state index in [1.54, 1.807) is 6.07 Å². The van der Waals surface area contributed by atoms with Crippen molar-refractivity contribution in [3.8, 4) is 0 Å². The van der Waals surface area contributed by atoms with Crippen LogP contribution in [0.1, 0.15) is 26.2 Å². The summed E-state index contributed by atoms with van der Waals surface area (Å²) in [5, 5.41) is 2.88. The van der Waals surface area contributed by atoms with Gasteiger partial charge in [0.05, 0.1) is 17.9 Å². The van der Waals surface area contributed by atoms with Crippen LogP contribution in [0, 0.1) is 5.92 Å². The average Bonchev–Trinajstić information content (AvgIpc) is 2.42. The van der Waals surface area contributed by atoms with Crippen LogP contribution in [0.3, 0.4) is 0 Å². The minimum Gasteiger partial charge on any atom is -0.397 e. The number of nitrogen functional groups attached to an aromatic ring is 1. The van der Waals surface area contributed by atoms with Crippen LogP contribution in [0.25, 0.3) is 0 Å². The van der Waals surface area contributed by atoms with Crippen LogP contribution in [0.5, 0.6) is 0 Å². The topological polar surface area (TPSA) is 58.4 Å². The highest BCUT2D eigenvalue weighted by atomic mass is 16.2. The van der Waals surface area contributed by atoms with Crippen molar-refractivity contribution in [1.82, 2.24) is 4.90 Å². The Bertz CT molecular complexity index is 425. The van der Waals surface area contributed by atoms with Gasteiger partial charge in [0.2, 0.25) is 5.91 Å². The summed E-state index contributed by atoms with van der Waals surface area (Å²) in [5.74, 6) is 0.858. The maximum absolute atomic E-state index is 12.0. The van der Waals surface area contributed by atoms with Gasteiger partial charge in [-0.15, -0.1) is 0 Å². The standard InChI is InChI=1S/C15H23N3O/c1-2-12-7-9-18(10-8-12)11-15(19)17-14-6-4-3-5-13(14)16/h3-6,12H,2,7-11,16H2,1H3,(H,17,19). The van der Waals surface area contributed by atoms with E-state index in [1.807, 2.05) is 18.2 Å². The SMILES string of the molecule is CCC1CCN(CC(=O)Nc2ccccc2N)CC1. The molecule has 1 saturated heterocycles. The Morgan fingerprint density at radius 1 is 1.37 bits per heavy atom. The molecule has 0 aromatic heterocycles. The van der Waals surface area contributed by atoms with E-state index in [1.165, 1.54) is 19.3 Å².